The van der Waals surface area contributed by atoms with Crippen molar-refractivity contribution in [1.82, 2.24) is 9.88 Å². The lowest BCUT2D eigenvalue weighted by Crippen LogP contribution is -2.46. The Morgan fingerprint density at radius 2 is 1.94 bits per heavy atom. The molecule has 0 atom stereocenters. The number of aromatic nitrogens is 1. The fourth-order valence-electron chi connectivity index (χ4n) is 4.12. The van der Waals surface area contributed by atoms with Gasteiger partial charge in [-0.15, -0.1) is 0 Å². The molecule has 182 valence electrons. The molecule has 8 heteroatoms. The molecule has 1 amide bonds. The van der Waals surface area contributed by atoms with Gasteiger partial charge in [0.1, 0.15) is 17.7 Å². The number of anilines is 4. The summed E-state index contributed by atoms with van der Waals surface area (Å²) >= 11 is 0. The first kappa shape index (κ1) is 23.9. The Balaban J connectivity index is 1.51. The molecule has 0 spiro atoms. The fraction of sp³-hybridized carbons (Fsp3) is 0.462. The highest BCUT2D eigenvalue weighted by atomic mass is 16.6. The molecule has 3 heterocycles. The Bertz CT molecular complexity index is 1160. The molecule has 34 heavy (non-hydrogen) atoms. The van der Waals surface area contributed by atoms with E-state index in [4.69, 9.17) is 9.15 Å². The van der Waals surface area contributed by atoms with E-state index >= 15 is 0 Å². The van der Waals surface area contributed by atoms with Crippen molar-refractivity contribution in [3.8, 4) is 0 Å². The topological polar surface area (TPSA) is 74.1 Å². The van der Waals surface area contributed by atoms with Crippen molar-refractivity contribution in [2.24, 2.45) is 0 Å². The van der Waals surface area contributed by atoms with E-state index in [-0.39, 0.29) is 0 Å². The number of fused-ring (bicyclic) bond motifs is 1. The molecule has 0 unspecified atom stereocenters. The van der Waals surface area contributed by atoms with Crippen LogP contribution in [0, 0.1) is 6.92 Å². The molecule has 0 radical (unpaired) electrons. The number of furan rings is 1. The first-order valence-corrected chi connectivity index (χ1v) is 11.8. The minimum absolute atomic E-state index is 0.437. The zero-order chi connectivity index (χ0) is 24.5. The lowest BCUT2D eigenvalue weighted by molar-refractivity contribution is 0.0589. The normalized spacial score (nSPS) is 14.9. The van der Waals surface area contributed by atoms with Crippen LogP contribution in [0.1, 0.15) is 33.3 Å². The van der Waals surface area contributed by atoms with Crippen LogP contribution in [0.25, 0.3) is 11.0 Å². The Kier molecular flexibility index (Phi) is 6.70. The maximum absolute atomic E-state index is 12.5. The van der Waals surface area contributed by atoms with E-state index in [1.54, 1.807) is 19.5 Å². The fourth-order valence-corrected chi connectivity index (χ4v) is 4.12. The van der Waals surface area contributed by atoms with Crippen LogP contribution < -0.4 is 15.1 Å². The molecule has 1 aromatic carbocycles. The Morgan fingerprint density at radius 3 is 2.59 bits per heavy atom. The summed E-state index contributed by atoms with van der Waals surface area (Å²) in [5.74, 6) is 0.681. The van der Waals surface area contributed by atoms with Gasteiger partial charge < -0.3 is 24.3 Å². The SMILES string of the molecule is CCN1CCN(c2ccc(Nc3cc4c(N(C)C(=O)OC(C)(C)C)coc4cn3)c(C)c2)CC1. The highest BCUT2D eigenvalue weighted by Gasteiger charge is 2.23. The van der Waals surface area contributed by atoms with E-state index in [9.17, 15) is 4.79 Å². The summed E-state index contributed by atoms with van der Waals surface area (Å²) in [6.07, 6.45) is 2.78. The summed E-state index contributed by atoms with van der Waals surface area (Å²) in [5, 5.41) is 4.21. The summed E-state index contributed by atoms with van der Waals surface area (Å²) in [7, 11) is 1.68. The van der Waals surface area contributed by atoms with Gasteiger partial charge in [0.25, 0.3) is 0 Å². The molecule has 8 nitrogen and oxygen atoms in total. The number of hydrogen-bond donors (Lipinski definition) is 1. The number of hydrogen-bond acceptors (Lipinski definition) is 7. The summed E-state index contributed by atoms with van der Waals surface area (Å²) in [5.41, 5.74) is 4.05. The highest BCUT2D eigenvalue weighted by molar-refractivity contribution is 6.00. The number of amides is 1. The molecule has 1 saturated heterocycles. The van der Waals surface area contributed by atoms with Gasteiger partial charge in [-0.05, 0) is 64.1 Å². The van der Waals surface area contributed by atoms with Gasteiger partial charge in [0.05, 0.1) is 11.9 Å². The van der Waals surface area contributed by atoms with Crippen molar-refractivity contribution in [2.45, 2.75) is 40.2 Å². The maximum atomic E-state index is 12.5. The number of rotatable bonds is 5. The molecular weight excluding hydrogens is 430 g/mol. The number of likely N-dealkylation sites (N-methyl/N-ethyl adjacent to an activating group) is 1. The van der Waals surface area contributed by atoms with Gasteiger partial charge in [0.15, 0.2) is 5.58 Å². The number of piperazine rings is 1. The van der Waals surface area contributed by atoms with Gasteiger partial charge >= 0.3 is 6.09 Å². The van der Waals surface area contributed by atoms with Crippen molar-refractivity contribution >= 4 is 39.9 Å². The van der Waals surface area contributed by atoms with Gasteiger partial charge in [-0.3, -0.25) is 4.90 Å². The van der Waals surface area contributed by atoms with Crippen molar-refractivity contribution in [1.29, 1.82) is 0 Å². The average Bonchev–Trinajstić information content (AvgIpc) is 3.22. The van der Waals surface area contributed by atoms with Crippen molar-refractivity contribution in [3.63, 3.8) is 0 Å². The quantitative estimate of drug-likeness (QED) is 0.541. The minimum Gasteiger partial charge on any atom is -0.460 e. The summed E-state index contributed by atoms with van der Waals surface area (Å²) in [6.45, 7) is 15.3. The van der Waals surface area contributed by atoms with Gasteiger partial charge in [0, 0.05) is 50.0 Å². The number of carbonyl (C=O) groups is 1. The standard InChI is InChI=1S/C26H35N5O3/c1-7-30-10-12-31(13-11-30)19-8-9-21(18(2)14-19)28-24-15-20-22(17-33-23(20)16-27-24)29(6)25(32)34-26(3,4)5/h8-9,14-17H,7,10-13H2,1-6H3,(H,27,28). The van der Waals surface area contributed by atoms with E-state index in [2.05, 4.69) is 52.1 Å². The molecule has 1 aliphatic heterocycles. The predicted octanol–water partition coefficient (Wildman–Crippen LogP) is 5.39. The van der Waals surface area contributed by atoms with E-state index in [0.717, 1.165) is 49.4 Å². The molecule has 4 rings (SSSR count). The third-order valence-corrected chi connectivity index (χ3v) is 6.13. The molecule has 1 N–H and O–H groups in total. The van der Waals surface area contributed by atoms with Crippen molar-refractivity contribution < 1.29 is 13.9 Å². The van der Waals surface area contributed by atoms with Crippen LogP contribution >= 0.6 is 0 Å². The van der Waals surface area contributed by atoms with E-state index in [1.807, 2.05) is 26.8 Å². The third-order valence-electron chi connectivity index (χ3n) is 6.13. The summed E-state index contributed by atoms with van der Waals surface area (Å²) in [6, 6.07) is 8.38. The number of benzene rings is 1. The van der Waals surface area contributed by atoms with Gasteiger partial charge in [0.2, 0.25) is 0 Å². The van der Waals surface area contributed by atoms with Crippen LogP contribution in [0.15, 0.2) is 41.1 Å². The van der Waals surface area contributed by atoms with Crippen LogP contribution in [0.5, 0.6) is 0 Å². The second-order valence-electron chi connectivity index (χ2n) is 9.77. The third kappa shape index (κ3) is 5.28. The average molecular weight is 466 g/mol. The summed E-state index contributed by atoms with van der Waals surface area (Å²) in [4.78, 5) is 23.4. The van der Waals surface area contributed by atoms with Gasteiger partial charge in [-0.25, -0.2) is 9.78 Å². The Morgan fingerprint density at radius 1 is 1.21 bits per heavy atom. The number of ether oxygens (including phenoxy) is 1. The molecule has 0 saturated carbocycles. The van der Waals surface area contributed by atoms with E-state index in [1.165, 1.54) is 10.6 Å². The van der Waals surface area contributed by atoms with E-state index < -0.39 is 11.7 Å². The van der Waals surface area contributed by atoms with Crippen molar-refractivity contribution in [2.75, 3.05) is 54.9 Å². The van der Waals surface area contributed by atoms with Crippen molar-refractivity contribution in [3.05, 3.63) is 42.3 Å². The first-order valence-electron chi connectivity index (χ1n) is 11.8. The second kappa shape index (κ2) is 9.54. The van der Waals surface area contributed by atoms with Crippen LogP contribution in [0.2, 0.25) is 0 Å². The smallest absolute Gasteiger partial charge is 0.414 e. The highest BCUT2D eigenvalue weighted by Crippen LogP contribution is 2.32. The zero-order valence-electron chi connectivity index (χ0n) is 21.0. The molecule has 0 bridgehead atoms. The van der Waals surface area contributed by atoms with Crippen LogP contribution in [-0.2, 0) is 4.74 Å². The summed E-state index contributed by atoms with van der Waals surface area (Å²) < 4.78 is 11.1. The monoisotopic (exact) mass is 465 g/mol. The number of pyridine rings is 1. The number of carbonyl (C=O) groups excluding carboxylic acids is 1. The largest absolute Gasteiger partial charge is 0.460 e. The molecule has 1 aliphatic rings. The molecule has 1 fully saturated rings. The van der Waals surface area contributed by atoms with E-state index in [0.29, 0.717) is 17.1 Å². The zero-order valence-corrected chi connectivity index (χ0v) is 21.0. The maximum Gasteiger partial charge on any atom is 0.414 e. The van der Waals surface area contributed by atoms with Crippen LogP contribution in [-0.4, -0.2) is 61.3 Å². The molecule has 0 aliphatic carbocycles. The number of aryl methyl sites for hydroxylation is 1. The van der Waals surface area contributed by atoms with Gasteiger partial charge in [-0.1, -0.05) is 6.92 Å². The number of nitrogens with one attached hydrogen (secondary N) is 1. The first-order chi connectivity index (χ1) is 16.1. The molecular formula is C26H35N5O3. The lowest BCUT2D eigenvalue weighted by Gasteiger charge is -2.35. The second-order valence-corrected chi connectivity index (χ2v) is 9.77. The van der Waals surface area contributed by atoms with Crippen LogP contribution in [0.4, 0.5) is 27.7 Å². The molecule has 2 aromatic heterocycles. The number of nitrogens with zero attached hydrogens (tertiary/aromatic N) is 4. The van der Waals surface area contributed by atoms with Crippen LogP contribution in [0.3, 0.4) is 0 Å². The predicted molar refractivity (Wildman–Crippen MR) is 137 cm³/mol. The Labute approximate surface area is 201 Å². The van der Waals surface area contributed by atoms with Gasteiger partial charge in [-0.2, -0.15) is 0 Å². The molecule has 3 aromatic rings. The minimum atomic E-state index is -0.577. The Hall–Kier alpha value is -3.26. The lowest BCUT2D eigenvalue weighted by atomic mass is 10.1.